The highest BCUT2D eigenvalue weighted by atomic mass is 32.1. The zero-order valence-corrected chi connectivity index (χ0v) is 14.7. The third-order valence-corrected chi connectivity index (χ3v) is 5.74. The molecule has 1 aromatic carbocycles. The number of rotatable bonds is 1. The van der Waals surface area contributed by atoms with Gasteiger partial charge in [-0.2, -0.15) is 4.57 Å². The molecular weight excluding hydrogens is 300 g/mol. The van der Waals surface area contributed by atoms with Crippen LogP contribution in [0.5, 0.6) is 0 Å². The first kappa shape index (κ1) is 14.3. The molecule has 3 heterocycles. The van der Waals surface area contributed by atoms with Crippen LogP contribution in [0.15, 0.2) is 42.7 Å². The van der Waals surface area contributed by atoms with Crippen LogP contribution in [-0.2, 0) is 7.05 Å². The maximum atomic E-state index is 4.55. The summed E-state index contributed by atoms with van der Waals surface area (Å²) in [7, 11) is 2.13. The van der Waals surface area contributed by atoms with Crippen LogP contribution in [0, 0.1) is 20.8 Å². The fraction of sp³-hybridized carbons (Fsp3) is 0.200. The number of aryl methyl sites for hydroxylation is 3. The van der Waals surface area contributed by atoms with Crippen LogP contribution in [0.4, 0.5) is 0 Å². The van der Waals surface area contributed by atoms with E-state index in [4.69, 9.17) is 0 Å². The van der Waals surface area contributed by atoms with Crippen molar-refractivity contribution in [3.05, 3.63) is 59.4 Å². The van der Waals surface area contributed by atoms with Gasteiger partial charge in [0.15, 0.2) is 6.20 Å². The number of aromatic nitrogens is 2. The fourth-order valence-corrected chi connectivity index (χ4v) is 4.54. The van der Waals surface area contributed by atoms with E-state index >= 15 is 0 Å². The second-order valence-electron chi connectivity index (χ2n) is 6.23. The molecule has 0 aliphatic carbocycles. The van der Waals surface area contributed by atoms with E-state index < -0.39 is 0 Å². The normalized spacial score (nSPS) is 11.5. The van der Waals surface area contributed by atoms with Crippen LogP contribution in [0.2, 0.25) is 0 Å². The summed E-state index contributed by atoms with van der Waals surface area (Å²) >= 11 is 1.79. The first-order valence-electron chi connectivity index (χ1n) is 7.80. The standard InChI is InChI=1S/C20H19N2S/c1-12-10-13(2)14(3)17(11-12)18-19-15(7-9-22(18)4)16-6-5-8-21-20(16)23-19/h5-11H,1-4H3/q+1. The summed E-state index contributed by atoms with van der Waals surface area (Å²) in [5.41, 5.74) is 6.61. The Morgan fingerprint density at radius 3 is 2.70 bits per heavy atom. The zero-order chi connectivity index (χ0) is 16.1. The molecule has 114 valence electrons. The molecule has 0 spiro atoms. The Morgan fingerprint density at radius 2 is 1.87 bits per heavy atom. The predicted molar refractivity (Wildman–Crippen MR) is 97.9 cm³/mol. The van der Waals surface area contributed by atoms with Gasteiger partial charge >= 0.3 is 0 Å². The lowest BCUT2D eigenvalue weighted by molar-refractivity contribution is -0.659. The van der Waals surface area contributed by atoms with Gasteiger partial charge in [0.2, 0.25) is 5.69 Å². The Bertz CT molecular complexity index is 1060. The SMILES string of the molecule is Cc1cc(C)c(C)c(-c2c3sc4ncccc4c3cc[n+]2C)c1. The number of hydrogen-bond donors (Lipinski definition) is 0. The molecule has 0 amide bonds. The molecule has 0 unspecified atom stereocenters. The molecule has 3 heteroatoms. The monoisotopic (exact) mass is 319 g/mol. The summed E-state index contributed by atoms with van der Waals surface area (Å²) in [5, 5.41) is 2.54. The molecule has 4 rings (SSSR count). The van der Waals surface area contributed by atoms with Crippen LogP contribution < -0.4 is 4.57 Å². The van der Waals surface area contributed by atoms with E-state index in [1.807, 2.05) is 12.3 Å². The van der Waals surface area contributed by atoms with E-state index in [-0.39, 0.29) is 0 Å². The summed E-state index contributed by atoms with van der Waals surface area (Å²) in [6.45, 7) is 6.58. The van der Waals surface area contributed by atoms with Crippen molar-refractivity contribution in [1.82, 2.24) is 4.98 Å². The second-order valence-corrected chi connectivity index (χ2v) is 7.23. The summed E-state index contributed by atoms with van der Waals surface area (Å²) in [6.07, 6.45) is 4.04. The van der Waals surface area contributed by atoms with Gasteiger partial charge in [-0.25, -0.2) is 4.98 Å². The molecule has 0 radical (unpaired) electrons. The van der Waals surface area contributed by atoms with Crippen LogP contribution >= 0.6 is 11.3 Å². The van der Waals surface area contributed by atoms with E-state index in [9.17, 15) is 0 Å². The van der Waals surface area contributed by atoms with Crippen molar-refractivity contribution < 1.29 is 4.57 Å². The van der Waals surface area contributed by atoms with Gasteiger partial charge in [-0.3, -0.25) is 0 Å². The van der Waals surface area contributed by atoms with Gasteiger partial charge in [0.1, 0.15) is 16.6 Å². The minimum Gasteiger partial charge on any atom is -0.245 e. The lowest BCUT2D eigenvalue weighted by Crippen LogP contribution is -2.30. The largest absolute Gasteiger partial charge is 0.245 e. The molecule has 4 aromatic rings. The molecule has 0 aliphatic heterocycles. The van der Waals surface area contributed by atoms with E-state index in [0.29, 0.717) is 0 Å². The van der Waals surface area contributed by atoms with Crippen molar-refractivity contribution in [3.8, 4) is 11.3 Å². The Kier molecular flexibility index (Phi) is 3.20. The van der Waals surface area contributed by atoms with Gasteiger partial charge in [0, 0.05) is 23.0 Å². The van der Waals surface area contributed by atoms with Crippen LogP contribution in [-0.4, -0.2) is 4.98 Å². The van der Waals surface area contributed by atoms with Crippen LogP contribution in [0.25, 0.3) is 31.6 Å². The number of nitrogens with zero attached hydrogens (tertiary/aromatic N) is 2. The average Bonchev–Trinajstić information content (AvgIpc) is 2.89. The van der Waals surface area contributed by atoms with Gasteiger partial charge < -0.3 is 0 Å². The third kappa shape index (κ3) is 2.15. The number of hydrogen-bond acceptors (Lipinski definition) is 2. The minimum atomic E-state index is 1.11. The lowest BCUT2D eigenvalue weighted by Gasteiger charge is -2.09. The molecule has 0 saturated heterocycles. The van der Waals surface area contributed by atoms with E-state index in [1.54, 1.807) is 11.3 Å². The van der Waals surface area contributed by atoms with Crippen molar-refractivity contribution >= 4 is 31.6 Å². The Balaban J connectivity index is 2.17. The maximum absolute atomic E-state index is 4.55. The van der Waals surface area contributed by atoms with Gasteiger partial charge in [-0.15, -0.1) is 11.3 Å². The van der Waals surface area contributed by atoms with Gasteiger partial charge in [-0.1, -0.05) is 11.6 Å². The summed E-state index contributed by atoms with van der Waals surface area (Å²) in [5.74, 6) is 0. The average molecular weight is 319 g/mol. The van der Waals surface area contributed by atoms with Crippen molar-refractivity contribution in [2.24, 2.45) is 7.05 Å². The molecule has 23 heavy (non-hydrogen) atoms. The second kappa shape index (κ2) is 5.14. The number of pyridine rings is 2. The van der Waals surface area contributed by atoms with Crippen molar-refractivity contribution in [2.45, 2.75) is 20.8 Å². The third-order valence-electron chi connectivity index (χ3n) is 4.60. The summed E-state index contributed by atoms with van der Waals surface area (Å²) < 4.78 is 3.55. The molecule has 0 N–H and O–H groups in total. The highest BCUT2D eigenvalue weighted by Crippen LogP contribution is 2.38. The number of fused-ring (bicyclic) bond motifs is 3. The molecule has 0 fully saturated rings. The first-order chi connectivity index (χ1) is 11.1. The Labute approximate surface area is 140 Å². The van der Waals surface area contributed by atoms with E-state index in [2.05, 4.69) is 67.8 Å². The van der Waals surface area contributed by atoms with Crippen molar-refractivity contribution in [3.63, 3.8) is 0 Å². The molecule has 3 aromatic heterocycles. The predicted octanol–water partition coefficient (Wildman–Crippen LogP) is 4.87. The van der Waals surface area contributed by atoms with E-state index in [1.165, 1.54) is 43.4 Å². The summed E-state index contributed by atoms with van der Waals surface area (Å²) in [6, 6.07) is 10.9. The number of benzene rings is 1. The first-order valence-corrected chi connectivity index (χ1v) is 8.62. The molecular formula is C20H19N2S+. The maximum Gasteiger partial charge on any atom is 0.230 e. The molecule has 0 atom stereocenters. The molecule has 0 saturated carbocycles. The minimum absolute atomic E-state index is 1.11. The number of thiophene rings is 1. The van der Waals surface area contributed by atoms with Crippen molar-refractivity contribution in [2.75, 3.05) is 0 Å². The van der Waals surface area contributed by atoms with Gasteiger partial charge in [0.05, 0.1) is 5.56 Å². The van der Waals surface area contributed by atoms with Gasteiger partial charge in [0.25, 0.3) is 0 Å². The quantitative estimate of drug-likeness (QED) is 0.458. The fourth-order valence-electron chi connectivity index (χ4n) is 3.31. The highest BCUT2D eigenvalue weighted by molar-refractivity contribution is 7.25. The lowest BCUT2D eigenvalue weighted by atomic mass is 9.97. The Morgan fingerprint density at radius 1 is 1.04 bits per heavy atom. The van der Waals surface area contributed by atoms with E-state index in [0.717, 1.165) is 4.83 Å². The smallest absolute Gasteiger partial charge is 0.230 e. The topological polar surface area (TPSA) is 16.8 Å². The molecule has 0 bridgehead atoms. The highest BCUT2D eigenvalue weighted by Gasteiger charge is 2.21. The molecule has 2 nitrogen and oxygen atoms in total. The van der Waals surface area contributed by atoms with Crippen LogP contribution in [0.3, 0.4) is 0 Å². The van der Waals surface area contributed by atoms with Crippen LogP contribution in [0.1, 0.15) is 16.7 Å². The summed E-state index contributed by atoms with van der Waals surface area (Å²) in [4.78, 5) is 5.66. The van der Waals surface area contributed by atoms with Crippen molar-refractivity contribution in [1.29, 1.82) is 0 Å². The Hall–Kier alpha value is -2.26. The van der Waals surface area contributed by atoms with Gasteiger partial charge in [-0.05, 0) is 50.1 Å². The zero-order valence-electron chi connectivity index (χ0n) is 13.8. The molecule has 0 aliphatic rings.